The predicted octanol–water partition coefficient (Wildman–Crippen LogP) is 1.16. The van der Waals surface area contributed by atoms with Crippen molar-refractivity contribution in [3.8, 4) is 5.75 Å². The average Bonchev–Trinajstić information content (AvgIpc) is 2.41. The molecule has 2 aromatic heterocycles. The first-order chi connectivity index (χ1) is 9.15. The van der Waals surface area contributed by atoms with Crippen molar-refractivity contribution in [1.82, 2.24) is 9.97 Å². The Labute approximate surface area is 112 Å². The van der Waals surface area contributed by atoms with Gasteiger partial charge >= 0.3 is 0 Å². The third-order valence-electron chi connectivity index (χ3n) is 2.67. The van der Waals surface area contributed by atoms with E-state index in [1.54, 1.807) is 30.6 Å². The van der Waals surface area contributed by atoms with Gasteiger partial charge in [-0.3, -0.25) is 0 Å². The summed E-state index contributed by atoms with van der Waals surface area (Å²) in [6.07, 6.45) is 3.35. The third kappa shape index (κ3) is 3.74. The van der Waals surface area contributed by atoms with Crippen LogP contribution < -0.4 is 21.1 Å². The molecule has 0 saturated heterocycles. The standard InChI is InChI=1S/C13H17N5O/c1-18(10-2-4-12(14)16-8-10)6-7-19-11-3-5-13(15)17-9-11/h2-5,8-9H,6-7H2,1H3,(H2,14,16)(H2,15,17). The quantitative estimate of drug-likeness (QED) is 0.837. The number of aromatic nitrogens is 2. The smallest absolute Gasteiger partial charge is 0.137 e. The number of ether oxygens (including phenoxy) is 1. The summed E-state index contributed by atoms with van der Waals surface area (Å²) in [6, 6.07) is 7.21. The van der Waals surface area contributed by atoms with Crippen LogP contribution in [0.3, 0.4) is 0 Å². The van der Waals surface area contributed by atoms with Crippen LogP contribution >= 0.6 is 0 Å². The van der Waals surface area contributed by atoms with Gasteiger partial charge in [-0.25, -0.2) is 9.97 Å². The average molecular weight is 259 g/mol. The molecule has 0 saturated carbocycles. The van der Waals surface area contributed by atoms with Crippen LogP contribution in [0.15, 0.2) is 36.7 Å². The van der Waals surface area contributed by atoms with E-state index >= 15 is 0 Å². The molecule has 19 heavy (non-hydrogen) atoms. The van der Waals surface area contributed by atoms with E-state index in [4.69, 9.17) is 16.2 Å². The number of anilines is 3. The van der Waals surface area contributed by atoms with Gasteiger partial charge in [-0.1, -0.05) is 0 Å². The minimum absolute atomic E-state index is 0.484. The topological polar surface area (TPSA) is 90.3 Å². The zero-order chi connectivity index (χ0) is 13.7. The van der Waals surface area contributed by atoms with Crippen molar-refractivity contribution in [3.05, 3.63) is 36.7 Å². The van der Waals surface area contributed by atoms with Crippen LogP contribution in [0.5, 0.6) is 5.75 Å². The van der Waals surface area contributed by atoms with Gasteiger partial charge in [0.1, 0.15) is 24.0 Å². The molecule has 4 N–H and O–H groups in total. The molecule has 100 valence electrons. The van der Waals surface area contributed by atoms with Gasteiger partial charge in [0, 0.05) is 7.05 Å². The summed E-state index contributed by atoms with van der Waals surface area (Å²) < 4.78 is 5.57. The Balaban J connectivity index is 1.82. The largest absolute Gasteiger partial charge is 0.490 e. The Morgan fingerprint density at radius 2 is 1.74 bits per heavy atom. The normalized spacial score (nSPS) is 10.2. The molecule has 0 aliphatic heterocycles. The molecular formula is C13H17N5O. The second-order valence-electron chi connectivity index (χ2n) is 4.13. The number of pyridine rings is 2. The lowest BCUT2D eigenvalue weighted by Gasteiger charge is -2.19. The van der Waals surface area contributed by atoms with Gasteiger partial charge in [-0.05, 0) is 24.3 Å². The second kappa shape index (κ2) is 5.90. The molecule has 6 nitrogen and oxygen atoms in total. The molecular weight excluding hydrogens is 242 g/mol. The van der Waals surface area contributed by atoms with Crippen LogP contribution in [0, 0.1) is 0 Å². The van der Waals surface area contributed by atoms with Gasteiger partial charge in [0.15, 0.2) is 0 Å². The molecule has 0 radical (unpaired) electrons. The molecule has 0 bridgehead atoms. The summed E-state index contributed by atoms with van der Waals surface area (Å²) in [5.74, 6) is 1.71. The number of likely N-dealkylation sites (N-methyl/N-ethyl adjacent to an activating group) is 1. The van der Waals surface area contributed by atoms with E-state index in [1.165, 1.54) is 0 Å². The number of rotatable bonds is 5. The number of nitrogens with two attached hydrogens (primary N) is 2. The van der Waals surface area contributed by atoms with Crippen molar-refractivity contribution in [2.45, 2.75) is 0 Å². The molecule has 0 unspecified atom stereocenters. The maximum atomic E-state index is 5.57. The Morgan fingerprint density at radius 3 is 2.32 bits per heavy atom. The number of nitrogens with zero attached hydrogens (tertiary/aromatic N) is 3. The molecule has 0 atom stereocenters. The highest BCUT2D eigenvalue weighted by Gasteiger charge is 2.02. The zero-order valence-electron chi connectivity index (χ0n) is 10.8. The summed E-state index contributed by atoms with van der Waals surface area (Å²) in [4.78, 5) is 10.0. The fourth-order valence-corrected chi connectivity index (χ4v) is 1.53. The van der Waals surface area contributed by atoms with Crippen molar-refractivity contribution in [2.24, 2.45) is 0 Å². The van der Waals surface area contributed by atoms with Crippen LogP contribution in [0.4, 0.5) is 17.3 Å². The minimum Gasteiger partial charge on any atom is -0.490 e. The van der Waals surface area contributed by atoms with Crippen molar-refractivity contribution in [3.63, 3.8) is 0 Å². The number of nitrogen functional groups attached to an aromatic ring is 2. The highest BCUT2D eigenvalue weighted by molar-refractivity contribution is 5.47. The fraction of sp³-hybridized carbons (Fsp3) is 0.231. The number of hydrogen-bond acceptors (Lipinski definition) is 6. The Hall–Kier alpha value is -2.50. The molecule has 6 heteroatoms. The summed E-state index contributed by atoms with van der Waals surface area (Å²) in [6.45, 7) is 1.28. The molecule has 2 aromatic rings. The highest BCUT2D eigenvalue weighted by atomic mass is 16.5. The van der Waals surface area contributed by atoms with Gasteiger partial charge in [-0.2, -0.15) is 0 Å². The SMILES string of the molecule is CN(CCOc1ccc(N)nc1)c1ccc(N)nc1. The molecule has 2 rings (SSSR count). The molecule has 0 amide bonds. The zero-order valence-corrected chi connectivity index (χ0v) is 10.8. The van der Waals surface area contributed by atoms with E-state index in [9.17, 15) is 0 Å². The molecule has 0 aromatic carbocycles. The predicted molar refractivity (Wildman–Crippen MR) is 76.1 cm³/mol. The maximum absolute atomic E-state index is 5.57. The summed E-state index contributed by atoms with van der Waals surface area (Å²) in [5, 5.41) is 0. The van der Waals surface area contributed by atoms with Crippen molar-refractivity contribution in [2.75, 3.05) is 36.6 Å². The van der Waals surface area contributed by atoms with Crippen molar-refractivity contribution >= 4 is 17.3 Å². The molecule has 0 aliphatic rings. The van der Waals surface area contributed by atoms with Gasteiger partial charge in [-0.15, -0.1) is 0 Å². The number of hydrogen-bond donors (Lipinski definition) is 2. The van der Waals surface area contributed by atoms with Crippen LogP contribution in [0.25, 0.3) is 0 Å². The highest BCUT2D eigenvalue weighted by Crippen LogP contribution is 2.13. The van der Waals surface area contributed by atoms with E-state index in [-0.39, 0.29) is 0 Å². The van der Waals surface area contributed by atoms with Crippen LogP contribution in [0.1, 0.15) is 0 Å². The minimum atomic E-state index is 0.484. The Kier molecular flexibility index (Phi) is 4.02. The lowest BCUT2D eigenvalue weighted by atomic mass is 10.3. The first kappa shape index (κ1) is 12.9. The molecule has 2 heterocycles. The fourth-order valence-electron chi connectivity index (χ4n) is 1.53. The van der Waals surface area contributed by atoms with Crippen molar-refractivity contribution < 1.29 is 4.74 Å². The third-order valence-corrected chi connectivity index (χ3v) is 2.67. The van der Waals surface area contributed by atoms with Gasteiger partial charge in [0.25, 0.3) is 0 Å². The second-order valence-corrected chi connectivity index (χ2v) is 4.13. The van der Waals surface area contributed by atoms with E-state index in [2.05, 4.69) is 9.97 Å². The van der Waals surface area contributed by atoms with E-state index < -0.39 is 0 Å². The van der Waals surface area contributed by atoms with Gasteiger partial charge < -0.3 is 21.1 Å². The van der Waals surface area contributed by atoms with E-state index in [0.29, 0.717) is 24.0 Å². The summed E-state index contributed by atoms with van der Waals surface area (Å²) >= 11 is 0. The van der Waals surface area contributed by atoms with Crippen molar-refractivity contribution in [1.29, 1.82) is 0 Å². The van der Waals surface area contributed by atoms with Crippen LogP contribution in [0.2, 0.25) is 0 Å². The summed E-state index contributed by atoms with van der Waals surface area (Å²) in [7, 11) is 1.97. The summed E-state index contributed by atoms with van der Waals surface area (Å²) in [5.41, 5.74) is 12.0. The van der Waals surface area contributed by atoms with Crippen LogP contribution in [-0.4, -0.2) is 30.2 Å². The van der Waals surface area contributed by atoms with Gasteiger partial charge in [0.2, 0.25) is 0 Å². The van der Waals surface area contributed by atoms with Gasteiger partial charge in [0.05, 0.1) is 24.6 Å². The lowest BCUT2D eigenvalue weighted by molar-refractivity contribution is 0.325. The first-order valence-corrected chi connectivity index (χ1v) is 5.92. The van der Waals surface area contributed by atoms with E-state index in [1.807, 2.05) is 18.0 Å². The first-order valence-electron chi connectivity index (χ1n) is 5.92. The molecule has 0 spiro atoms. The maximum Gasteiger partial charge on any atom is 0.137 e. The van der Waals surface area contributed by atoms with Crippen LogP contribution in [-0.2, 0) is 0 Å². The monoisotopic (exact) mass is 259 g/mol. The Morgan fingerprint density at radius 1 is 1.05 bits per heavy atom. The Bertz CT molecular complexity index is 512. The van der Waals surface area contributed by atoms with E-state index in [0.717, 1.165) is 12.2 Å². The molecule has 0 fully saturated rings. The lowest BCUT2D eigenvalue weighted by Crippen LogP contribution is -2.23. The molecule has 0 aliphatic carbocycles.